The maximum Gasteiger partial charge on any atom is 0.0731 e. The SMILES string of the molecule is Cc1nccc(-c2c(C)n[nH]c2-c2ccccc2)c1C.N. The van der Waals surface area contributed by atoms with Crippen LogP contribution in [0, 0.1) is 20.8 Å². The number of nitrogens with one attached hydrogen (secondary N) is 1. The van der Waals surface area contributed by atoms with Crippen molar-refractivity contribution in [1.29, 1.82) is 0 Å². The van der Waals surface area contributed by atoms with E-state index in [-0.39, 0.29) is 6.15 Å². The summed E-state index contributed by atoms with van der Waals surface area (Å²) in [6.45, 7) is 6.18. The third-order valence-corrected chi connectivity index (χ3v) is 3.74. The molecule has 1 aromatic carbocycles. The molecule has 4 N–H and O–H groups in total. The van der Waals surface area contributed by atoms with E-state index in [2.05, 4.69) is 40.3 Å². The topological polar surface area (TPSA) is 76.6 Å². The Labute approximate surface area is 124 Å². The van der Waals surface area contributed by atoms with Gasteiger partial charge in [-0.2, -0.15) is 5.10 Å². The third kappa shape index (κ3) is 2.58. The molecule has 0 saturated carbocycles. The van der Waals surface area contributed by atoms with Gasteiger partial charge in [-0.1, -0.05) is 30.3 Å². The first-order valence-electron chi connectivity index (χ1n) is 6.71. The van der Waals surface area contributed by atoms with Crippen molar-refractivity contribution in [3.05, 3.63) is 59.5 Å². The number of hydrogen-bond donors (Lipinski definition) is 2. The summed E-state index contributed by atoms with van der Waals surface area (Å²) < 4.78 is 0. The van der Waals surface area contributed by atoms with Gasteiger partial charge in [-0.05, 0) is 38.0 Å². The van der Waals surface area contributed by atoms with E-state index < -0.39 is 0 Å². The molecule has 0 radical (unpaired) electrons. The van der Waals surface area contributed by atoms with Crippen molar-refractivity contribution in [2.75, 3.05) is 0 Å². The van der Waals surface area contributed by atoms with Crippen LogP contribution in [0.25, 0.3) is 22.4 Å². The summed E-state index contributed by atoms with van der Waals surface area (Å²) >= 11 is 0. The highest BCUT2D eigenvalue weighted by Crippen LogP contribution is 2.34. The standard InChI is InChI=1S/C17H17N3.H3N/c1-11-12(2)18-10-9-15(11)16-13(3)19-20-17(16)14-7-5-4-6-8-14;/h4-10H,1-3H3,(H,19,20);1H3. The Hall–Kier alpha value is -2.46. The molecule has 4 heteroatoms. The van der Waals surface area contributed by atoms with Gasteiger partial charge in [0.1, 0.15) is 0 Å². The van der Waals surface area contributed by atoms with Crippen molar-refractivity contribution in [3.8, 4) is 22.4 Å². The fraction of sp³-hybridized carbons (Fsp3) is 0.176. The maximum absolute atomic E-state index is 4.39. The highest BCUT2D eigenvalue weighted by molar-refractivity contribution is 5.84. The minimum atomic E-state index is 0. The van der Waals surface area contributed by atoms with Gasteiger partial charge in [0.15, 0.2) is 0 Å². The predicted octanol–water partition coefficient (Wildman–Crippen LogP) is 4.23. The molecule has 0 bridgehead atoms. The van der Waals surface area contributed by atoms with Crippen LogP contribution in [0.15, 0.2) is 42.6 Å². The second kappa shape index (κ2) is 5.89. The molecule has 0 aliphatic carbocycles. The number of benzene rings is 1. The summed E-state index contributed by atoms with van der Waals surface area (Å²) in [6.07, 6.45) is 1.86. The molecule has 2 aromatic heterocycles. The van der Waals surface area contributed by atoms with Gasteiger partial charge in [0, 0.05) is 23.0 Å². The van der Waals surface area contributed by atoms with Gasteiger partial charge in [0.2, 0.25) is 0 Å². The molecule has 0 fully saturated rings. The van der Waals surface area contributed by atoms with Crippen molar-refractivity contribution in [2.45, 2.75) is 20.8 Å². The average Bonchev–Trinajstić information content (AvgIpc) is 2.85. The molecule has 108 valence electrons. The Morgan fingerprint density at radius 3 is 2.33 bits per heavy atom. The van der Waals surface area contributed by atoms with Gasteiger partial charge in [-0.25, -0.2) is 0 Å². The summed E-state index contributed by atoms with van der Waals surface area (Å²) in [5, 5.41) is 7.56. The molecule has 0 atom stereocenters. The van der Waals surface area contributed by atoms with E-state index in [0.29, 0.717) is 0 Å². The van der Waals surface area contributed by atoms with Crippen molar-refractivity contribution in [2.24, 2.45) is 0 Å². The summed E-state index contributed by atoms with van der Waals surface area (Å²) in [5.74, 6) is 0. The van der Waals surface area contributed by atoms with E-state index in [1.54, 1.807) is 0 Å². The highest BCUT2D eigenvalue weighted by Gasteiger charge is 2.16. The van der Waals surface area contributed by atoms with Gasteiger partial charge in [-0.3, -0.25) is 10.1 Å². The number of rotatable bonds is 2. The second-order valence-electron chi connectivity index (χ2n) is 4.99. The zero-order valence-corrected chi connectivity index (χ0v) is 12.6. The van der Waals surface area contributed by atoms with Crippen LogP contribution in [0.4, 0.5) is 0 Å². The van der Waals surface area contributed by atoms with Crippen molar-refractivity contribution in [3.63, 3.8) is 0 Å². The zero-order valence-electron chi connectivity index (χ0n) is 12.6. The molecule has 0 spiro atoms. The first-order chi connectivity index (χ1) is 9.68. The van der Waals surface area contributed by atoms with Crippen LogP contribution in [0.3, 0.4) is 0 Å². The fourth-order valence-electron chi connectivity index (χ4n) is 2.49. The summed E-state index contributed by atoms with van der Waals surface area (Å²) in [7, 11) is 0. The number of pyridine rings is 1. The summed E-state index contributed by atoms with van der Waals surface area (Å²) in [6, 6.07) is 12.4. The summed E-state index contributed by atoms with van der Waals surface area (Å²) in [5.41, 5.74) is 7.85. The lowest BCUT2D eigenvalue weighted by atomic mass is 9.96. The number of hydrogen-bond acceptors (Lipinski definition) is 3. The van der Waals surface area contributed by atoms with Gasteiger partial charge in [-0.15, -0.1) is 0 Å². The molecule has 3 rings (SSSR count). The van der Waals surface area contributed by atoms with Crippen LogP contribution in [0.2, 0.25) is 0 Å². The normalized spacial score (nSPS) is 10.2. The van der Waals surface area contributed by atoms with E-state index in [1.165, 1.54) is 16.7 Å². The summed E-state index contributed by atoms with van der Waals surface area (Å²) in [4.78, 5) is 4.35. The van der Waals surface area contributed by atoms with Gasteiger partial charge in [0.05, 0.1) is 11.4 Å². The maximum atomic E-state index is 4.39. The van der Waals surface area contributed by atoms with E-state index in [0.717, 1.165) is 22.6 Å². The molecule has 0 amide bonds. The molecule has 3 aromatic rings. The molecule has 0 unspecified atom stereocenters. The lowest BCUT2D eigenvalue weighted by Crippen LogP contribution is -1.92. The second-order valence-corrected chi connectivity index (χ2v) is 4.99. The fourth-order valence-corrected chi connectivity index (χ4v) is 2.49. The minimum absolute atomic E-state index is 0. The Morgan fingerprint density at radius 1 is 0.905 bits per heavy atom. The highest BCUT2D eigenvalue weighted by atomic mass is 15.1. The van der Waals surface area contributed by atoms with Gasteiger partial charge < -0.3 is 6.15 Å². The molecule has 21 heavy (non-hydrogen) atoms. The minimum Gasteiger partial charge on any atom is -0.344 e. The Bertz CT molecular complexity index is 745. The van der Waals surface area contributed by atoms with E-state index in [9.17, 15) is 0 Å². The molecule has 0 aliphatic rings. The van der Waals surface area contributed by atoms with Gasteiger partial charge in [0.25, 0.3) is 0 Å². The van der Waals surface area contributed by atoms with Crippen molar-refractivity contribution < 1.29 is 0 Å². The van der Waals surface area contributed by atoms with E-state index >= 15 is 0 Å². The molecular weight excluding hydrogens is 260 g/mol. The molecule has 0 saturated heterocycles. The average molecular weight is 280 g/mol. The van der Waals surface area contributed by atoms with Crippen LogP contribution >= 0.6 is 0 Å². The van der Waals surface area contributed by atoms with Crippen LogP contribution in [0.1, 0.15) is 17.0 Å². The molecule has 4 nitrogen and oxygen atoms in total. The number of H-pyrrole nitrogens is 1. The number of aromatic amines is 1. The van der Waals surface area contributed by atoms with E-state index in [1.807, 2.05) is 38.2 Å². The predicted molar refractivity (Wildman–Crippen MR) is 86.5 cm³/mol. The smallest absolute Gasteiger partial charge is 0.0731 e. The molecular formula is C17H20N4. The number of aromatic nitrogens is 3. The zero-order chi connectivity index (χ0) is 14.1. The lowest BCUT2D eigenvalue weighted by molar-refractivity contribution is 1.05. The Kier molecular flexibility index (Phi) is 4.19. The first-order valence-corrected chi connectivity index (χ1v) is 6.71. The molecule has 0 aliphatic heterocycles. The van der Waals surface area contributed by atoms with Gasteiger partial charge >= 0.3 is 0 Å². The number of aryl methyl sites for hydroxylation is 2. The quantitative estimate of drug-likeness (QED) is 0.737. The van der Waals surface area contributed by atoms with E-state index in [4.69, 9.17) is 0 Å². The Morgan fingerprint density at radius 2 is 1.62 bits per heavy atom. The van der Waals surface area contributed by atoms with Crippen LogP contribution in [0.5, 0.6) is 0 Å². The lowest BCUT2D eigenvalue weighted by Gasteiger charge is -2.09. The van der Waals surface area contributed by atoms with Crippen molar-refractivity contribution in [1.82, 2.24) is 21.3 Å². The van der Waals surface area contributed by atoms with Crippen LogP contribution < -0.4 is 6.15 Å². The largest absolute Gasteiger partial charge is 0.344 e. The Balaban J connectivity index is 0.00000161. The van der Waals surface area contributed by atoms with Crippen LogP contribution in [-0.4, -0.2) is 15.2 Å². The third-order valence-electron chi connectivity index (χ3n) is 3.74. The first kappa shape index (κ1) is 14.9. The molecule has 2 heterocycles. The van der Waals surface area contributed by atoms with Crippen molar-refractivity contribution >= 4 is 0 Å². The number of nitrogens with zero attached hydrogens (tertiary/aromatic N) is 2. The monoisotopic (exact) mass is 280 g/mol. The van der Waals surface area contributed by atoms with Crippen LogP contribution in [-0.2, 0) is 0 Å².